The van der Waals surface area contributed by atoms with Crippen LogP contribution < -0.4 is 5.32 Å². The highest BCUT2D eigenvalue weighted by atomic mass is 16.5. The zero-order valence-corrected chi connectivity index (χ0v) is 13.1. The van der Waals surface area contributed by atoms with Crippen LogP contribution in [-0.4, -0.2) is 29.2 Å². The van der Waals surface area contributed by atoms with Gasteiger partial charge in [-0.2, -0.15) is 0 Å². The summed E-state index contributed by atoms with van der Waals surface area (Å²) < 4.78 is 5.44. The molecule has 3 rings (SSSR count). The van der Waals surface area contributed by atoms with Gasteiger partial charge in [0, 0.05) is 11.6 Å². The number of benzene rings is 2. The van der Waals surface area contributed by atoms with E-state index in [1.54, 1.807) is 24.4 Å². The monoisotopic (exact) mass is 322 g/mol. The molecular weight excluding hydrogens is 304 g/mol. The Kier molecular flexibility index (Phi) is 5.03. The Morgan fingerprint density at radius 2 is 1.92 bits per heavy atom. The first kappa shape index (κ1) is 16.0. The normalized spacial score (nSPS) is 10.7. The lowest BCUT2D eigenvalue weighted by molar-refractivity contribution is -0.120. The molecule has 5 nitrogen and oxygen atoms in total. The molecule has 2 aromatic carbocycles. The number of phenolic OH excluding ortho intramolecular Hbond substituents is 1. The second kappa shape index (κ2) is 7.57. The van der Waals surface area contributed by atoms with E-state index in [1.165, 1.54) is 6.07 Å². The van der Waals surface area contributed by atoms with Gasteiger partial charge < -0.3 is 15.2 Å². The molecule has 1 amide bonds. The van der Waals surface area contributed by atoms with Gasteiger partial charge in [-0.05, 0) is 30.2 Å². The molecule has 0 unspecified atom stereocenters. The molecule has 1 heterocycles. The summed E-state index contributed by atoms with van der Waals surface area (Å²) in [5.41, 5.74) is 2.43. The highest BCUT2D eigenvalue weighted by molar-refractivity contribution is 5.93. The fraction of sp³-hybridized carbons (Fsp3) is 0.158. The summed E-state index contributed by atoms with van der Waals surface area (Å²) in [4.78, 5) is 16.2. The number of para-hydroxylation sites is 3. The van der Waals surface area contributed by atoms with Crippen LogP contribution in [0.25, 0.3) is 10.9 Å². The lowest BCUT2D eigenvalue weighted by Crippen LogP contribution is -2.19. The number of ether oxygens (including phenoxy) is 1. The van der Waals surface area contributed by atoms with Crippen molar-refractivity contribution < 1.29 is 14.6 Å². The fourth-order valence-electron chi connectivity index (χ4n) is 2.48. The lowest BCUT2D eigenvalue weighted by atomic mass is 10.1. The third kappa shape index (κ3) is 3.88. The number of nitrogens with one attached hydrogen (secondary N) is 1. The van der Waals surface area contributed by atoms with E-state index in [-0.39, 0.29) is 18.3 Å². The zero-order valence-electron chi connectivity index (χ0n) is 13.1. The van der Waals surface area contributed by atoms with E-state index in [2.05, 4.69) is 10.3 Å². The Morgan fingerprint density at radius 1 is 1.08 bits per heavy atom. The Bertz CT molecular complexity index is 843. The minimum atomic E-state index is -0.299. The van der Waals surface area contributed by atoms with Crippen molar-refractivity contribution in [2.45, 2.75) is 6.42 Å². The molecule has 24 heavy (non-hydrogen) atoms. The maximum Gasteiger partial charge on any atom is 0.250 e. The number of fused-ring (bicyclic) bond motifs is 1. The smallest absolute Gasteiger partial charge is 0.250 e. The number of hydrogen-bond donors (Lipinski definition) is 2. The molecule has 0 aliphatic carbocycles. The van der Waals surface area contributed by atoms with Gasteiger partial charge in [0.05, 0.1) is 17.8 Å². The van der Waals surface area contributed by atoms with Crippen molar-refractivity contribution in [2.24, 2.45) is 0 Å². The minimum Gasteiger partial charge on any atom is -0.506 e. The van der Waals surface area contributed by atoms with Gasteiger partial charge in [-0.3, -0.25) is 9.78 Å². The van der Waals surface area contributed by atoms with Crippen molar-refractivity contribution in [3.8, 4) is 5.75 Å². The number of anilines is 1. The summed E-state index contributed by atoms with van der Waals surface area (Å²) in [5, 5.41) is 13.3. The van der Waals surface area contributed by atoms with E-state index in [9.17, 15) is 9.90 Å². The van der Waals surface area contributed by atoms with E-state index in [0.29, 0.717) is 18.7 Å². The molecule has 0 saturated heterocycles. The molecular formula is C19H18N2O3. The summed E-state index contributed by atoms with van der Waals surface area (Å²) in [6, 6.07) is 16.5. The van der Waals surface area contributed by atoms with Crippen molar-refractivity contribution in [2.75, 3.05) is 18.5 Å². The van der Waals surface area contributed by atoms with Crippen LogP contribution in [-0.2, 0) is 16.0 Å². The number of carbonyl (C=O) groups excluding carboxylic acids is 1. The quantitative estimate of drug-likeness (QED) is 0.540. The van der Waals surface area contributed by atoms with E-state index in [1.807, 2.05) is 30.3 Å². The number of aromatic nitrogens is 1. The van der Waals surface area contributed by atoms with Crippen molar-refractivity contribution in [1.82, 2.24) is 4.98 Å². The van der Waals surface area contributed by atoms with Crippen LogP contribution >= 0.6 is 0 Å². The van der Waals surface area contributed by atoms with Gasteiger partial charge in [-0.15, -0.1) is 0 Å². The molecule has 0 fully saturated rings. The number of rotatable bonds is 6. The van der Waals surface area contributed by atoms with Crippen molar-refractivity contribution in [1.29, 1.82) is 0 Å². The van der Waals surface area contributed by atoms with Crippen LogP contribution in [0.3, 0.4) is 0 Å². The summed E-state index contributed by atoms with van der Waals surface area (Å²) in [6.07, 6.45) is 2.45. The SMILES string of the molecule is O=C(COCCc1cccc2cccnc12)Nc1ccccc1O. The molecule has 0 spiro atoms. The molecule has 0 atom stereocenters. The van der Waals surface area contributed by atoms with Gasteiger partial charge in [0.2, 0.25) is 5.91 Å². The Morgan fingerprint density at radius 3 is 2.79 bits per heavy atom. The van der Waals surface area contributed by atoms with Crippen molar-refractivity contribution in [3.05, 3.63) is 66.4 Å². The number of amides is 1. The van der Waals surface area contributed by atoms with Crippen molar-refractivity contribution >= 4 is 22.5 Å². The fourth-order valence-corrected chi connectivity index (χ4v) is 2.48. The molecule has 122 valence electrons. The highest BCUT2D eigenvalue weighted by Crippen LogP contribution is 2.21. The number of aromatic hydroxyl groups is 1. The Hall–Kier alpha value is -2.92. The van der Waals surface area contributed by atoms with E-state index in [0.717, 1.165) is 16.5 Å². The van der Waals surface area contributed by atoms with Gasteiger partial charge in [0.1, 0.15) is 12.4 Å². The lowest BCUT2D eigenvalue weighted by Gasteiger charge is -2.08. The van der Waals surface area contributed by atoms with E-state index < -0.39 is 0 Å². The van der Waals surface area contributed by atoms with Crippen LogP contribution in [0.1, 0.15) is 5.56 Å². The second-order valence-electron chi connectivity index (χ2n) is 5.36. The molecule has 3 aromatic rings. The maximum atomic E-state index is 11.8. The van der Waals surface area contributed by atoms with Crippen LogP contribution in [0.5, 0.6) is 5.75 Å². The first-order valence-electron chi connectivity index (χ1n) is 7.72. The molecule has 0 aliphatic rings. The third-order valence-corrected chi connectivity index (χ3v) is 3.64. The maximum absolute atomic E-state index is 11.8. The second-order valence-corrected chi connectivity index (χ2v) is 5.36. The Labute approximate surface area is 139 Å². The molecule has 0 bridgehead atoms. The predicted octanol–water partition coefficient (Wildman–Crippen LogP) is 3.14. The molecule has 2 N–H and O–H groups in total. The summed E-state index contributed by atoms with van der Waals surface area (Å²) in [7, 11) is 0. The first-order chi connectivity index (χ1) is 11.7. The number of hydrogen-bond acceptors (Lipinski definition) is 4. The number of carbonyl (C=O) groups is 1. The summed E-state index contributed by atoms with van der Waals surface area (Å²) >= 11 is 0. The van der Waals surface area contributed by atoms with Crippen LogP contribution in [0.2, 0.25) is 0 Å². The summed E-state index contributed by atoms with van der Waals surface area (Å²) in [5.74, 6) is -0.264. The van der Waals surface area contributed by atoms with Crippen LogP contribution in [0.4, 0.5) is 5.69 Å². The number of pyridine rings is 1. The van der Waals surface area contributed by atoms with Gasteiger partial charge >= 0.3 is 0 Å². The first-order valence-corrected chi connectivity index (χ1v) is 7.72. The topological polar surface area (TPSA) is 71.5 Å². The molecule has 0 saturated carbocycles. The summed E-state index contributed by atoms with van der Waals surface area (Å²) in [6.45, 7) is 0.358. The van der Waals surface area contributed by atoms with Gasteiger partial charge in [0.25, 0.3) is 0 Å². The molecule has 0 aliphatic heterocycles. The largest absolute Gasteiger partial charge is 0.506 e. The molecule has 1 aromatic heterocycles. The van der Waals surface area contributed by atoms with Crippen LogP contribution in [0.15, 0.2) is 60.8 Å². The van der Waals surface area contributed by atoms with Crippen LogP contribution in [0, 0.1) is 0 Å². The predicted molar refractivity (Wildman–Crippen MR) is 93.0 cm³/mol. The Balaban J connectivity index is 1.50. The van der Waals surface area contributed by atoms with Crippen molar-refractivity contribution in [3.63, 3.8) is 0 Å². The average Bonchev–Trinajstić information content (AvgIpc) is 2.61. The number of phenols is 1. The van der Waals surface area contributed by atoms with E-state index >= 15 is 0 Å². The average molecular weight is 322 g/mol. The highest BCUT2D eigenvalue weighted by Gasteiger charge is 2.06. The van der Waals surface area contributed by atoms with E-state index in [4.69, 9.17) is 4.74 Å². The zero-order chi connectivity index (χ0) is 16.8. The van der Waals surface area contributed by atoms with Gasteiger partial charge in [-0.1, -0.05) is 36.4 Å². The van der Waals surface area contributed by atoms with Gasteiger partial charge in [0.15, 0.2) is 0 Å². The molecule has 5 heteroatoms. The number of nitrogens with zero attached hydrogens (tertiary/aromatic N) is 1. The third-order valence-electron chi connectivity index (χ3n) is 3.64. The minimum absolute atomic E-state index is 0.0349. The molecule has 0 radical (unpaired) electrons. The standard InChI is InChI=1S/C19H18N2O3/c22-17-9-2-1-8-16(17)21-18(23)13-24-12-10-15-6-3-5-14-7-4-11-20-19(14)15/h1-9,11,22H,10,12-13H2,(H,21,23). The van der Waals surface area contributed by atoms with Gasteiger partial charge in [-0.25, -0.2) is 0 Å².